The van der Waals surface area contributed by atoms with Crippen LogP contribution in [0.15, 0.2) is 77.3 Å². The number of thioether (sulfide) groups is 1. The number of anilines is 3. The van der Waals surface area contributed by atoms with Crippen LogP contribution in [0.3, 0.4) is 0 Å². The van der Waals surface area contributed by atoms with E-state index in [1.165, 1.54) is 22.2 Å². The fourth-order valence-corrected chi connectivity index (χ4v) is 4.89. The molecular weight excluding hydrogens is 464 g/mol. The highest BCUT2D eigenvalue weighted by atomic mass is 32.2. The lowest BCUT2D eigenvalue weighted by atomic mass is 10.2. The molecule has 0 saturated heterocycles. The van der Waals surface area contributed by atoms with Gasteiger partial charge in [0.1, 0.15) is 11.6 Å². The van der Waals surface area contributed by atoms with Crippen LogP contribution in [0, 0.1) is 6.92 Å². The smallest absolute Gasteiger partial charge is 0.232 e. The minimum atomic E-state index is 0.170. The molecule has 0 radical (unpaired) electrons. The molecule has 0 aliphatic heterocycles. The second-order valence-electron chi connectivity index (χ2n) is 7.54. The summed E-state index contributed by atoms with van der Waals surface area (Å²) >= 11 is 3.22. The zero-order chi connectivity index (χ0) is 23.3. The van der Waals surface area contributed by atoms with Gasteiger partial charge in [-0.05, 0) is 42.6 Å². The van der Waals surface area contributed by atoms with Crippen LogP contribution in [-0.2, 0) is 12.2 Å². The molecule has 0 unspecified atom stereocenters. The fourth-order valence-electron chi connectivity index (χ4n) is 3.37. The Balaban J connectivity index is 1.38. The molecule has 0 bridgehead atoms. The van der Waals surface area contributed by atoms with Gasteiger partial charge in [0.15, 0.2) is 5.16 Å². The molecule has 10 heteroatoms. The van der Waals surface area contributed by atoms with Gasteiger partial charge in [-0.1, -0.05) is 53.7 Å². The topological polar surface area (TPSA) is 107 Å². The van der Waals surface area contributed by atoms with Crippen molar-refractivity contribution in [1.82, 2.24) is 29.7 Å². The summed E-state index contributed by atoms with van der Waals surface area (Å²) in [6.07, 6.45) is 0.712. The van der Waals surface area contributed by atoms with Gasteiger partial charge in [-0.3, -0.25) is 4.57 Å². The van der Waals surface area contributed by atoms with Gasteiger partial charge in [0, 0.05) is 22.7 Å². The first-order chi connectivity index (χ1) is 16.6. The van der Waals surface area contributed by atoms with Gasteiger partial charge in [-0.2, -0.15) is 15.0 Å². The lowest BCUT2D eigenvalue weighted by Gasteiger charge is -2.10. The van der Waals surface area contributed by atoms with Crippen molar-refractivity contribution in [3.63, 3.8) is 0 Å². The molecule has 3 N–H and O–H groups in total. The van der Waals surface area contributed by atoms with Gasteiger partial charge in [0.05, 0.1) is 5.75 Å². The molecule has 5 aromatic rings. The van der Waals surface area contributed by atoms with Crippen molar-refractivity contribution in [2.75, 3.05) is 11.1 Å². The maximum absolute atomic E-state index is 5.96. The number of nitrogens with one attached hydrogen (secondary N) is 1. The first kappa shape index (κ1) is 22.1. The van der Waals surface area contributed by atoms with E-state index >= 15 is 0 Å². The highest BCUT2D eigenvalue weighted by molar-refractivity contribution is 7.98. The molecule has 0 saturated carbocycles. The van der Waals surface area contributed by atoms with Crippen molar-refractivity contribution in [2.45, 2.75) is 24.3 Å². The van der Waals surface area contributed by atoms with E-state index in [1.807, 2.05) is 55.5 Å². The number of nitrogens with two attached hydrogens (primary N) is 1. The average Bonchev–Trinajstić information content (AvgIpc) is 3.50. The molecule has 5 rings (SSSR count). The maximum Gasteiger partial charge on any atom is 0.232 e. The van der Waals surface area contributed by atoms with Crippen molar-refractivity contribution in [3.8, 4) is 5.69 Å². The van der Waals surface area contributed by atoms with Crippen LogP contribution < -0.4 is 11.1 Å². The van der Waals surface area contributed by atoms with Gasteiger partial charge < -0.3 is 11.1 Å². The van der Waals surface area contributed by atoms with Crippen molar-refractivity contribution < 1.29 is 0 Å². The van der Waals surface area contributed by atoms with Gasteiger partial charge in [0.25, 0.3) is 0 Å². The first-order valence-electron chi connectivity index (χ1n) is 10.6. The standard InChI is InChI=1S/C24H22N8S2/c1-16-9-11-17(12-10-16)26-23-28-20(27-22(25)29-23)15-34-24-31-30-21(14-19-8-5-13-33-19)32(24)18-6-3-2-4-7-18/h2-13H,14-15H2,1H3,(H3,25,26,27,28,29). The normalized spacial score (nSPS) is 11.0. The third-order valence-corrected chi connectivity index (χ3v) is 6.77. The molecule has 2 aromatic carbocycles. The molecule has 3 aromatic heterocycles. The second kappa shape index (κ2) is 10.0. The van der Waals surface area contributed by atoms with E-state index in [0.717, 1.165) is 22.4 Å². The number of hydrogen-bond donors (Lipinski definition) is 2. The van der Waals surface area contributed by atoms with Crippen LogP contribution in [0.1, 0.15) is 22.1 Å². The molecule has 0 amide bonds. The Morgan fingerprint density at radius 2 is 1.76 bits per heavy atom. The number of nitrogen functional groups attached to an aromatic ring is 1. The Morgan fingerprint density at radius 1 is 0.941 bits per heavy atom. The van der Waals surface area contributed by atoms with Crippen molar-refractivity contribution in [1.29, 1.82) is 0 Å². The molecule has 34 heavy (non-hydrogen) atoms. The Bertz CT molecular complexity index is 1370. The quantitative estimate of drug-likeness (QED) is 0.294. The van der Waals surface area contributed by atoms with Crippen LogP contribution in [0.2, 0.25) is 0 Å². The number of thiophene rings is 1. The summed E-state index contributed by atoms with van der Waals surface area (Å²) < 4.78 is 2.08. The van der Waals surface area contributed by atoms with E-state index in [1.54, 1.807) is 11.3 Å². The molecular formula is C24H22N8S2. The lowest BCUT2D eigenvalue weighted by molar-refractivity contribution is 0.849. The fraction of sp³-hybridized carbons (Fsp3) is 0.125. The summed E-state index contributed by atoms with van der Waals surface area (Å²) in [6, 6.07) is 22.3. The molecule has 0 spiro atoms. The second-order valence-corrected chi connectivity index (χ2v) is 9.51. The van der Waals surface area contributed by atoms with Crippen LogP contribution in [-0.4, -0.2) is 29.7 Å². The Kier molecular flexibility index (Phi) is 6.50. The molecule has 170 valence electrons. The number of aryl methyl sites for hydroxylation is 1. The van der Waals surface area contributed by atoms with Crippen molar-refractivity contribution >= 4 is 40.7 Å². The zero-order valence-electron chi connectivity index (χ0n) is 18.4. The third kappa shape index (κ3) is 5.24. The van der Waals surface area contributed by atoms with Gasteiger partial charge in [0.2, 0.25) is 11.9 Å². The molecule has 0 aliphatic carbocycles. The van der Waals surface area contributed by atoms with Crippen LogP contribution in [0.5, 0.6) is 0 Å². The van der Waals surface area contributed by atoms with Crippen molar-refractivity contribution in [3.05, 3.63) is 94.2 Å². The van der Waals surface area contributed by atoms with Crippen LogP contribution in [0.25, 0.3) is 5.69 Å². The third-order valence-electron chi connectivity index (χ3n) is 4.96. The molecule has 8 nitrogen and oxygen atoms in total. The van der Waals surface area contributed by atoms with Gasteiger partial charge in [-0.25, -0.2) is 0 Å². The minimum Gasteiger partial charge on any atom is -0.368 e. The number of benzene rings is 2. The number of para-hydroxylation sites is 1. The van der Waals surface area contributed by atoms with E-state index in [2.05, 4.69) is 58.6 Å². The summed E-state index contributed by atoms with van der Waals surface area (Å²) in [4.78, 5) is 14.3. The van der Waals surface area contributed by atoms with Crippen LogP contribution >= 0.6 is 23.1 Å². The van der Waals surface area contributed by atoms with Gasteiger partial charge in [-0.15, -0.1) is 21.5 Å². The molecule has 0 aliphatic rings. The van der Waals surface area contributed by atoms with Crippen LogP contribution in [0.4, 0.5) is 17.6 Å². The van der Waals surface area contributed by atoms with E-state index in [0.29, 0.717) is 23.9 Å². The van der Waals surface area contributed by atoms with Gasteiger partial charge >= 0.3 is 0 Å². The number of rotatable bonds is 8. The summed E-state index contributed by atoms with van der Waals surface area (Å²) in [5, 5.41) is 15.0. The molecule has 0 fully saturated rings. The summed E-state index contributed by atoms with van der Waals surface area (Å²) in [5.41, 5.74) is 9.04. The minimum absolute atomic E-state index is 0.170. The lowest BCUT2D eigenvalue weighted by Crippen LogP contribution is -2.07. The number of nitrogens with zero attached hydrogens (tertiary/aromatic N) is 6. The zero-order valence-corrected chi connectivity index (χ0v) is 20.1. The Labute approximate surface area is 205 Å². The Morgan fingerprint density at radius 3 is 2.53 bits per heavy atom. The highest BCUT2D eigenvalue weighted by Gasteiger charge is 2.16. The summed E-state index contributed by atoms with van der Waals surface area (Å²) in [5.74, 6) is 2.50. The average molecular weight is 487 g/mol. The van der Waals surface area contributed by atoms with E-state index in [4.69, 9.17) is 5.73 Å². The maximum atomic E-state index is 5.96. The largest absolute Gasteiger partial charge is 0.368 e. The summed E-state index contributed by atoms with van der Waals surface area (Å²) in [7, 11) is 0. The predicted molar refractivity (Wildman–Crippen MR) is 137 cm³/mol. The van der Waals surface area contributed by atoms with E-state index < -0.39 is 0 Å². The van der Waals surface area contributed by atoms with E-state index in [9.17, 15) is 0 Å². The highest BCUT2D eigenvalue weighted by Crippen LogP contribution is 2.27. The number of hydrogen-bond acceptors (Lipinski definition) is 9. The SMILES string of the molecule is Cc1ccc(Nc2nc(N)nc(CSc3nnc(Cc4cccs4)n3-c3ccccc3)n2)cc1. The van der Waals surface area contributed by atoms with E-state index in [-0.39, 0.29) is 5.95 Å². The molecule has 3 heterocycles. The molecule has 0 atom stereocenters. The monoisotopic (exact) mass is 486 g/mol. The summed E-state index contributed by atoms with van der Waals surface area (Å²) in [6.45, 7) is 2.04. The Hall–Kier alpha value is -3.76. The number of aromatic nitrogens is 6. The predicted octanol–water partition coefficient (Wildman–Crippen LogP) is 5.03. The van der Waals surface area contributed by atoms with Crippen molar-refractivity contribution in [2.24, 2.45) is 0 Å². The first-order valence-corrected chi connectivity index (χ1v) is 12.5.